The van der Waals surface area contributed by atoms with Crippen LogP contribution in [0.4, 0.5) is 0 Å². The Morgan fingerprint density at radius 2 is 1.19 bits per heavy atom. The molecule has 0 aromatic heterocycles. The molecule has 0 fully saturated rings. The van der Waals surface area contributed by atoms with Gasteiger partial charge in [-0.05, 0) is 18.6 Å². The average molecular weight is 437 g/mol. The minimum Gasteiger partial charge on any atom is -0.504 e. The monoisotopic (exact) mass is 436 g/mol. The van der Waals surface area contributed by atoms with E-state index in [1.165, 1.54) is 77.0 Å². The zero-order valence-corrected chi connectivity index (χ0v) is 19.0. The summed E-state index contributed by atoms with van der Waals surface area (Å²) in [5.41, 5.74) is -0.259. The molecule has 6 nitrogen and oxygen atoms in total. The molecule has 176 valence electrons. The third-order valence-corrected chi connectivity index (χ3v) is 5.51. The van der Waals surface area contributed by atoms with Crippen LogP contribution in [0, 0.1) is 0 Å². The third-order valence-electron chi connectivity index (χ3n) is 5.51. The van der Waals surface area contributed by atoms with Gasteiger partial charge < -0.3 is 20.1 Å². The first-order chi connectivity index (χ1) is 15.0. The number of carboxylic acid groups (broad SMARTS) is 1. The summed E-state index contributed by atoms with van der Waals surface area (Å²) in [5, 5.41) is 28.3. The second-order valence-corrected chi connectivity index (χ2v) is 8.32. The van der Waals surface area contributed by atoms with Crippen LogP contribution in [0.1, 0.15) is 120 Å². The van der Waals surface area contributed by atoms with Crippen molar-refractivity contribution in [2.24, 2.45) is 0 Å². The Balaban J connectivity index is 2.03. The summed E-state index contributed by atoms with van der Waals surface area (Å²) >= 11 is 0. The lowest BCUT2D eigenvalue weighted by Gasteiger charge is -2.09. The first-order valence-corrected chi connectivity index (χ1v) is 12.0. The number of aromatic carboxylic acids is 1. The van der Waals surface area contributed by atoms with Crippen molar-refractivity contribution in [2.75, 3.05) is 0 Å². The van der Waals surface area contributed by atoms with Gasteiger partial charge in [0.15, 0.2) is 11.5 Å². The summed E-state index contributed by atoms with van der Waals surface area (Å²) in [6.45, 7) is 2.25. The second-order valence-electron chi connectivity index (χ2n) is 8.32. The van der Waals surface area contributed by atoms with E-state index in [2.05, 4.69) is 6.92 Å². The molecule has 0 saturated carbocycles. The fraction of sp³-hybridized carbons (Fsp3) is 0.680. The maximum Gasteiger partial charge on any atom is 0.335 e. The highest BCUT2D eigenvalue weighted by atomic mass is 16.5. The number of benzene rings is 1. The Labute approximate surface area is 186 Å². The quantitative estimate of drug-likeness (QED) is 0.0994. The number of ether oxygens (including phenoxy) is 1. The molecule has 0 unspecified atom stereocenters. The Bertz CT molecular complexity index is 656. The molecule has 31 heavy (non-hydrogen) atoms. The maximum absolute atomic E-state index is 11.9. The smallest absolute Gasteiger partial charge is 0.335 e. The van der Waals surface area contributed by atoms with Crippen molar-refractivity contribution in [1.29, 1.82) is 0 Å². The summed E-state index contributed by atoms with van der Waals surface area (Å²) in [4.78, 5) is 22.9. The van der Waals surface area contributed by atoms with Gasteiger partial charge in [-0.25, -0.2) is 4.79 Å². The van der Waals surface area contributed by atoms with Crippen molar-refractivity contribution in [2.45, 2.75) is 110 Å². The van der Waals surface area contributed by atoms with E-state index in [1.807, 2.05) is 0 Å². The summed E-state index contributed by atoms with van der Waals surface area (Å²) in [6.07, 6.45) is 18.8. The fourth-order valence-corrected chi connectivity index (χ4v) is 3.61. The molecule has 0 amide bonds. The van der Waals surface area contributed by atoms with E-state index in [4.69, 9.17) is 9.84 Å². The first-order valence-electron chi connectivity index (χ1n) is 12.0. The molecule has 0 bridgehead atoms. The summed E-state index contributed by atoms with van der Waals surface area (Å²) in [5.74, 6) is -3.42. The van der Waals surface area contributed by atoms with Gasteiger partial charge in [-0.2, -0.15) is 0 Å². The fourth-order valence-electron chi connectivity index (χ4n) is 3.61. The van der Waals surface area contributed by atoms with Crippen LogP contribution in [-0.2, 0) is 4.79 Å². The first kappa shape index (κ1) is 26.8. The number of aromatic hydroxyl groups is 2. The average Bonchev–Trinajstić information content (AvgIpc) is 2.73. The van der Waals surface area contributed by atoms with E-state index in [0.29, 0.717) is 6.42 Å². The van der Waals surface area contributed by atoms with E-state index in [0.717, 1.165) is 25.0 Å². The molecule has 1 rings (SSSR count). The second kappa shape index (κ2) is 16.5. The molecule has 6 heteroatoms. The van der Waals surface area contributed by atoms with E-state index in [1.54, 1.807) is 0 Å². The molecule has 0 atom stereocenters. The standard InChI is InChI=1S/C25H40O6/c1-2-3-4-5-6-7-8-9-10-11-12-13-14-15-16-17-23(27)31-22-19-20(25(29)30)18-21(26)24(22)28/h18-19,26,28H,2-17H2,1H3,(H,29,30). The lowest BCUT2D eigenvalue weighted by molar-refractivity contribution is -0.134. The molecule has 0 radical (unpaired) electrons. The normalized spacial score (nSPS) is 10.9. The van der Waals surface area contributed by atoms with E-state index < -0.39 is 23.4 Å². The summed E-state index contributed by atoms with van der Waals surface area (Å²) < 4.78 is 5.02. The molecule has 0 aliphatic carbocycles. The lowest BCUT2D eigenvalue weighted by Crippen LogP contribution is -2.08. The van der Waals surface area contributed by atoms with Crippen LogP contribution >= 0.6 is 0 Å². The predicted octanol–water partition coefficient (Wildman–Crippen LogP) is 6.96. The molecule has 1 aromatic carbocycles. The van der Waals surface area contributed by atoms with Gasteiger partial charge in [-0.15, -0.1) is 0 Å². The van der Waals surface area contributed by atoms with Crippen LogP contribution in [0.2, 0.25) is 0 Å². The topological polar surface area (TPSA) is 104 Å². The molecule has 0 aliphatic rings. The molecule has 3 N–H and O–H groups in total. The molecule has 0 heterocycles. The molecule has 0 aliphatic heterocycles. The Morgan fingerprint density at radius 1 is 0.742 bits per heavy atom. The SMILES string of the molecule is CCCCCCCCCCCCCCCCCC(=O)Oc1cc(C(=O)O)cc(O)c1O. The van der Waals surface area contributed by atoms with Gasteiger partial charge in [0.2, 0.25) is 5.75 Å². The van der Waals surface area contributed by atoms with Crippen LogP contribution in [0.25, 0.3) is 0 Å². The zero-order chi connectivity index (χ0) is 22.9. The highest BCUT2D eigenvalue weighted by Crippen LogP contribution is 2.36. The van der Waals surface area contributed by atoms with Crippen LogP contribution < -0.4 is 4.74 Å². The van der Waals surface area contributed by atoms with Gasteiger partial charge in [-0.3, -0.25) is 4.79 Å². The van der Waals surface area contributed by atoms with E-state index in [-0.39, 0.29) is 17.7 Å². The van der Waals surface area contributed by atoms with Crippen LogP contribution in [-0.4, -0.2) is 27.3 Å². The summed E-state index contributed by atoms with van der Waals surface area (Å²) in [7, 11) is 0. The van der Waals surface area contributed by atoms with E-state index >= 15 is 0 Å². The number of phenolic OH excluding ortho intramolecular Hbond substituents is 2. The van der Waals surface area contributed by atoms with Crippen molar-refractivity contribution in [3.05, 3.63) is 17.7 Å². The number of unbranched alkanes of at least 4 members (excludes halogenated alkanes) is 14. The third kappa shape index (κ3) is 12.3. The van der Waals surface area contributed by atoms with Crippen molar-refractivity contribution >= 4 is 11.9 Å². The highest BCUT2D eigenvalue weighted by molar-refractivity contribution is 5.89. The Hall–Kier alpha value is -2.24. The number of rotatable bonds is 18. The van der Waals surface area contributed by atoms with Crippen molar-refractivity contribution in [3.8, 4) is 17.2 Å². The summed E-state index contributed by atoms with van der Waals surface area (Å²) in [6, 6.07) is 1.94. The van der Waals surface area contributed by atoms with Crippen molar-refractivity contribution < 1.29 is 29.6 Å². The number of phenols is 2. The Kier molecular flexibility index (Phi) is 14.2. The van der Waals surface area contributed by atoms with Gasteiger partial charge in [0.05, 0.1) is 5.56 Å². The van der Waals surface area contributed by atoms with Crippen molar-refractivity contribution in [1.82, 2.24) is 0 Å². The zero-order valence-electron chi connectivity index (χ0n) is 19.0. The van der Waals surface area contributed by atoms with Crippen LogP contribution in [0.15, 0.2) is 12.1 Å². The number of carboxylic acids is 1. The molecular formula is C25H40O6. The molecule has 0 spiro atoms. The minimum atomic E-state index is -1.28. The molecular weight excluding hydrogens is 396 g/mol. The number of hydrogen-bond donors (Lipinski definition) is 3. The number of hydrogen-bond acceptors (Lipinski definition) is 5. The molecule has 0 saturated heterocycles. The number of carbonyl (C=O) groups is 2. The van der Waals surface area contributed by atoms with Gasteiger partial charge in [0.1, 0.15) is 0 Å². The molecule has 1 aromatic rings. The van der Waals surface area contributed by atoms with Gasteiger partial charge in [-0.1, -0.05) is 96.8 Å². The van der Waals surface area contributed by atoms with E-state index in [9.17, 15) is 19.8 Å². The van der Waals surface area contributed by atoms with Gasteiger partial charge >= 0.3 is 11.9 Å². The predicted molar refractivity (Wildman–Crippen MR) is 122 cm³/mol. The van der Waals surface area contributed by atoms with Crippen molar-refractivity contribution in [3.63, 3.8) is 0 Å². The largest absolute Gasteiger partial charge is 0.504 e. The number of esters is 1. The van der Waals surface area contributed by atoms with Gasteiger partial charge in [0, 0.05) is 6.42 Å². The minimum absolute atomic E-state index is 0.190. The van der Waals surface area contributed by atoms with Crippen LogP contribution in [0.3, 0.4) is 0 Å². The number of carbonyl (C=O) groups excluding carboxylic acids is 1. The lowest BCUT2D eigenvalue weighted by atomic mass is 10.0. The maximum atomic E-state index is 11.9. The van der Waals surface area contributed by atoms with Crippen LogP contribution in [0.5, 0.6) is 17.2 Å². The highest BCUT2D eigenvalue weighted by Gasteiger charge is 2.17. The van der Waals surface area contributed by atoms with Gasteiger partial charge in [0.25, 0.3) is 0 Å². The Morgan fingerprint density at radius 3 is 1.65 bits per heavy atom.